The Hall–Kier alpha value is -5.77. The molecule has 1 spiro atoms. The molecule has 11 rings (SSSR count). The van der Waals surface area contributed by atoms with E-state index >= 15 is 0 Å². The molecule has 3 heterocycles. The van der Waals surface area contributed by atoms with Crippen LogP contribution in [0.25, 0.3) is 44.7 Å². The Balaban J connectivity index is 1.05. The minimum atomic E-state index is -0.0650. The summed E-state index contributed by atoms with van der Waals surface area (Å²) in [6, 6.07) is 58.3. The number of aromatic nitrogens is 3. The van der Waals surface area contributed by atoms with Crippen molar-refractivity contribution in [2.75, 3.05) is 4.90 Å². The number of ether oxygens (including phenoxy) is 1. The molecule has 2 fully saturated rings. The Kier molecular flexibility index (Phi) is 11.6. The summed E-state index contributed by atoms with van der Waals surface area (Å²) in [6.45, 7) is 13.8. The third-order valence-electron chi connectivity index (χ3n) is 15.3. The molecule has 8 aromatic rings. The van der Waals surface area contributed by atoms with Crippen LogP contribution in [0.1, 0.15) is 122 Å². The molecule has 2 aliphatic carbocycles. The van der Waals surface area contributed by atoms with Crippen LogP contribution in [0.4, 0.5) is 11.5 Å². The van der Waals surface area contributed by atoms with E-state index in [0.29, 0.717) is 23.3 Å². The summed E-state index contributed by atoms with van der Waals surface area (Å²) in [5.74, 6) is 3.52. The molecule has 1 aliphatic heterocycles. The molecule has 0 bridgehead atoms. The van der Waals surface area contributed by atoms with Gasteiger partial charge in [-0.3, -0.25) is 0 Å². The molecule has 0 amide bonds. The van der Waals surface area contributed by atoms with Gasteiger partial charge in [0.05, 0.1) is 0 Å². The molecular weight excluding hydrogens is 1010 g/mol. The van der Waals surface area contributed by atoms with Crippen molar-refractivity contribution in [1.82, 2.24) is 14.1 Å². The molecule has 2 unspecified atom stereocenters. The molecule has 2 saturated carbocycles. The minimum Gasteiger partial charge on any atom is -0.0531 e. The van der Waals surface area contributed by atoms with Crippen molar-refractivity contribution >= 4 is 22.5 Å². The summed E-state index contributed by atoms with van der Waals surface area (Å²) in [5, 5.41) is 0. The van der Waals surface area contributed by atoms with Crippen LogP contribution in [0.5, 0.6) is 11.5 Å². The second-order valence-electron chi connectivity index (χ2n) is 21.6. The van der Waals surface area contributed by atoms with Crippen LogP contribution in [0.15, 0.2) is 146 Å². The van der Waals surface area contributed by atoms with Gasteiger partial charge in [0.15, 0.2) is 0 Å². The van der Waals surface area contributed by atoms with Crippen molar-refractivity contribution < 1.29 is 24.1 Å². The maximum absolute atomic E-state index is 6.94. The number of rotatable bonds is 7. The molecule has 5 nitrogen and oxygen atoms in total. The molecule has 3 aliphatic rings. The third kappa shape index (κ3) is 7.93. The van der Waals surface area contributed by atoms with Gasteiger partial charge in [-0.05, 0) is 23.5 Å². The standard InChI is InChI=1S/C62H62N4O.Pt/c1-60(2,3)45-33-36-63-58(39-45)66-57-41-49(31-32-51(57)50-27-14-15-28-54(50)62(66)34-18-9-19-35-62)67-48-26-20-25-47(40-48)64-42-65(56-30-17-16-29-55(56)64)59-52(43-21-10-7-11-22-43)37-46(61(4,5)6)38-53(59)44-23-12-8-13-24-44;/h7-8,10-13,16-17,20-26,29-33,36-39,50,54H,9,14-15,18-19,27-28,34-35H2,1-6H3;/q-2;. The van der Waals surface area contributed by atoms with Crippen LogP contribution in [0, 0.1) is 21.9 Å². The molecule has 0 N–H and O–H groups in total. The van der Waals surface area contributed by atoms with Crippen molar-refractivity contribution in [3.63, 3.8) is 0 Å². The number of pyridine rings is 1. The van der Waals surface area contributed by atoms with E-state index in [1.54, 1.807) is 0 Å². The first-order valence-electron chi connectivity index (χ1n) is 24.9. The zero-order valence-electron chi connectivity index (χ0n) is 40.4. The number of hydrogen-bond donors (Lipinski definition) is 0. The zero-order chi connectivity index (χ0) is 46.8. The van der Waals surface area contributed by atoms with Crippen molar-refractivity contribution in [2.45, 2.75) is 122 Å². The zero-order valence-corrected chi connectivity index (χ0v) is 42.7. The average Bonchev–Trinajstić information content (AvgIpc) is 3.65. The number of para-hydroxylation sites is 2. The van der Waals surface area contributed by atoms with Crippen LogP contribution < -0.4 is 9.64 Å². The predicted molar refractivity (Wildman–Crippen MR) is 275 cm³/mol. The van der Waals surface area contributed by atoms with Crippen LogP contribution in [-0.4, -0.2) is 19.7 Å². The predicted octanol–water partition coefficient (Wildman–Crippen LogP) is 16.3. The van der Waals surface area contributed by atoms with Crippen molar-refractivity contribution in [1.29, 1.82) is 0 Å². The van der Waals surface area contributed by atoms with Crippen LogP contribution in [-0.2, 0) is 30.2 Å². The Bertz CT molecular complexity index is 3140. The van der Waals surface area contributed by atoms with Gasteiger partial charge < -0.3 is 0 Å². The average molecular weight is 1070 g/mol. The fourth-order valence-electron chi connectivity index (χ4n) is 11.9. The van der Waals surface area contributed by atoms with Crippen molar-refractivity contribution in [2.24, 2.45) is 5.92 Å². The number of nitrogens with zero attached hydrogens (tertiary/aromatic N) is 4. The minimum absolute atomic E-state index is 0.00631. The van der Waals surface area contributed by atoms with Gasteiger partial charge in [-0.15, -0.1) is 0 Å². The van der Waals surface area contributed by atoms with E-state index in [-0.39, 0.29) is 16.4 Å². The number of benzene rings is 6. The molecule has 0 radical (unpaired) electrons. The smallest absolute Gasteiger partial charge is 0.0531 e. The Morgan fingerprint density at radius 1 is 0.603 bits per heavy atom. The van der Waals surface area contributed by atoms with Crippen LogP contribution in [0.3, 0.4) is 0 Å². The Morgan fingerprint density at radius 3 is 1.88 bits per heavy atom. The summed E-state index contributed by atoms with van der Waals surface area (Å²) >= 11 is 2.53. The normalized spacial score (nSPS) is 18.1. The van der Waals surface area contributed by atoms with Gasteiger partial charge in [0.1, 0.15) is 0 Å². The molecule has 2 atom stereocenters. The summed E-state index contributed by atoms with van der Waals surface area (Å²) < 4.78 is 12.8. The summed E-state index contributed by atoms with van der Waals surface area (Å²) in [5.41, 5.74) is 14.1. The molecule has 68 heavy (non-hydrogen) atoms. The number of fused-ring (bicyclic) bond motifs is 5. The van der Waals surface area contributed by atoms with Crippen LogP contribution >= 0.6 is 0 Å². The topological polar surface area (TPSA) is 35.2 Å². The Labute approximate surface area is 414 Å². The third-order valence-corrected chi connectivity index (χ3v) is 16.3. The van der Waals surface area contributed by atoms with Gasteiger partial charge in [0, 0.05) is 6.20 Å². The summed E-state index contributed by atoms with van der Waals surface area (Å²) in [7, 11) is 0. The Morgan fingerprint density at radius 2 is 1.22 bits per heavy atom. The SMILES string of the molecule is CC(C)(C)c1ccnc(N2c3[c-]c(Oc4[c-]c(-n5[c](=[Pt])n(-c6c(-c7ccccc7)cc(C(C)(C)C)cc6-c6ccccc6)c6ccccc65)ccc4)ccc3C3CCCCC3C23CCCCC3)c1. The second-order valence-corrected chi connectivity index (χ2v) is 22.6. The first-order valence-corrected chi connectivity index (χ1v) is 26.0. The molecule has 0 saturated heterocycles. The van der Waals surface area contributed by atoms with E-state index in [9.17, 15) is 0 Å². The summed E-state index contributed by atoms with van der Waals surface area (Å²) in [4.78, 5) is 7.85. The van der Waals surface area contributed by atoms with E-state index < -0.39 is 0 Å². The number of anilines is 2. The fraction of sp³-hybridized carbons (Fsp3) is 0.323. The molecule has 348 valence electrons. The molecule has 6 heteroatoms. The van der Waals surface area contributed by atoms with Crippen molar-refractivity contribution in [3.05, 3.63) is 178 Å². The van der Waals surface area contributed by atoms with Gasteiger partial charge in [0.2, 0.25) is 0 Å². The van der Waals surface area contributed by atoms with Gasteiger partial charge in [0.25, 0.3) is 0 Å². The first-order chi connectivity index (χ1) is 32.9. The molecular formula is C62H62N4OPt-2. The number of hydrogen-bond acceptors (Lipinski definition) is 3. The second kappa shape index (κ2) is 17.6. The first kappa shape index (κ1) is 44.7. The van der Waals surface area contributed by atoms with Crippen molar-refractivity contribution in [3.8, 4) is 45.1 Å². The molecule has 2 aromatic heterocycles. The number of imidazole rings is 1. The van der Waals surface area contributed by atoms with E-state index in [0.717, 1.165) is 37.7 Å². The summed E-state index contributed by atoms with van der Waals surface area (Å²) in [6.07, 6.45) is 13.3. The van der Waals surface area contributed by atoms with E-state index in [4.69, 9.17) is 9.72 Å². The van der Waals surface area contributed by atoms with Gasteiger partial charge >= 0.3 is 334 Å². The quantitative estimate of drug-likeness (QED) is 0.149. The van der Waals surface area contributed by atoms with E-state index in [2.05, 4.69) is 221 Å². The van der Waals surface area contributed by atoms with E-state index in [1.165, 1.54) is 96.7 Å². The molecule has 6 aromatic carbocycles. The monoisotopic (exact) mass is 1070 g/mol. The van der Waals surface area contributed by atoms with Gasteiger partial charge in [-0.2, -0.15) is 0 Å². The maximum atomic E-state index is 6.94. The van der Waals surface area contributed by atoms with Gasteiger partial charge in [-0.25, -0.2) is 0 Å². The van der Waals surface area contributed by atoms with Crippen LogP contribution in [0.2, 0.25) is 0 Å². The van der Waals surface area contributed by atoms with E-state index in [1.807, 2.05) is 12.3 Å². The van der Waals surface area contributed by atoms with Gasteiger partial charge in [-0.1, -0.05) is 52.9 Å². The fourth-order valence-corrected chi connectivity index (χ4v) is 13.0.